The summed E-state index contributed by atoms with van der Waals surface area (Å²) in [6, 6.07) is 2.23. The Morgan fingerprint density at radius 2 is 2.41 bits per heavy atom. The van der Waals surface area contributed by atoms with Crippen molar-refractivity contribution < 1.29 is 9.53 Å². The largest absolute Gasteiger partial charge is 0.374 e. The molecule has 1 amide bonds. The molecule has 1 aliphatic heterocycles. The van der Waals surface area contributed by atoms with Crippen molar-refractivity contribution in [1.29, 1.82) is 0 Å². The summed E-state index contributed by atoms with van der Waals surface area (Å²) in [6.07, 6.45) is 3.62. The average molecular weight is 316 g/mol. The fourth-order valence-electron chi connectivity index (χ4n) is 2.75. The lowest BCUT2D eigenvalue weighted by Crippen LogP contribution is -2.51. The molecular formula is C12H14BrNO2S. The van der Waals surface area contributed by atoms with Gasteiger partial charge in [-0.15, -0.1) is 11.3 Å². The van der Waals surface area contributed by atoms with Crippen LogP contribution >= 0.6 is 27.3 Å². The average Bonchev–Trinajstić information content (AvgIpc) is 2.95. The molecule has 3 nitrogen and oxygen atoms in total. The molecule has 3 rings (SSSR count). The molecule has 1 aromatic rings. The van der Waals surface area contributed by atoms with Crippen LogP contribution in [-0.4, -0.2) is 36.1 Å². The first-order chi connectivity index (χ1) is 8.27. The number of carbonyl (C=O) groups excluding carboxylic acids is 1. The van der Waals surface area contributed by atoms with Gasteiger partial charge in [0, 0.05) is 11.0 Å². The molecule has 2 heterocycles. The first kappa shape index (κ1) is 11.7. The summed E-state index contributed by atoms with van der Waals surface area (Å²) < 4.78 is 6.64. The molecule has 1 saturated carbocycles. The number of halogens is 1. The lowest BCUT2D eigenvalue weighted by molar-refractivity contribution is -0.0444. The minimum atomic E-state index is 0.159. The summed E-state index contributed by atoms with van der Waals surface area (Å²) in [4.78, 5) is 15.3. The van der Waals surface area contributed by atoms with Crippen molar-refractivity contribution >= 4 is 33.2 Å². The SMILES string of the molecule is O=C(c1sccc1Br)N1CCO[C@H]2CCC[C@@H]21. The normalized spacial score (nSPS) is 28.2. The molecule has 0 bridgehead atoms. The molecule has 92 valence electrons. The predicted molar refractivity (Wildman–Crippen MR) is 70.4 cm³/mol. The van der Waals surface area contributed by atoms with Crippen LogP contribution < -0.4 is 0 Å². The van der Waals surface area contributed by atoms with E-state index in [1.165, 1.54) is 17.8 Å². The van der Waals surface area contributed by atoms with Crippen LogP contribution in [-0.2, 0) is 4.74 Å². The van der Waals surface area contributed by atoms with Gasteiger partial charge in [0.1, 0.15) is 4.88 Å². The molecule has 2 aliphatic rings. The van der Waals surface area contributed by atoms with Gasteiger partial charge in [-0.25, -0.2) is 0 Å². The lowest BCUT2D eigenvalue weighted by atomic mass is 10.1. The molecule has 17 heavy (non-hydrogen) atoms. The highest BCUT2D eigenvalue weighted by Crippen LogP contribution is 2.32. The molecule has 2 atom stereocenters. The molecular weight excluding hydrogens is 302 g/mol. The third kappa shape index (κ3) is 2.04. The van der Waals surface area contributed by atoms with E-state index in [0.29, 0.717) is 12.6 Å². The minimum absolute atomic E-state index is 0.159. The van der Waals surface area contributed by atoms with Crippen LogP contribution in [0.25, 0.3) is 0 Å². The Bertz CT molecular complexity index is 434. The Labute approximate surface area is 113 Å². The second-order valence-corrected chi connectivity index (χ2v) is 6.27. The molecule has 0 N–H and O–H groups in total. The van der Waals surface area contributed by atoms with E-state index >= 15 is 0 Å². The summed E-state index contributed by atoms with van der Waals surface area (Å²) in [5, 5.41) is 1.95. The lowest BCUT2D eigenvalue weighted by Gasteiger charge is -2.37. The Hall–Kier alpha value is -0.390. The predicted octanol–water partition coefficient (Wildman–Crippen LogP) is 2.90. The van der Waals surface area contributed by atoms with Crippen molar-refractivity contribution in [1.82, 2.24) is 4.90 Å². The highest BCUT2D eigenvalue weighted by Gasteiger charge is 2.39. The fourth-order valence-corrected chi connectivity index (χ4v) is 4.25. The standard InChI is InChI=1S/C12H14BrNO2S/c13-8-4-7-17-11(8)12(15)14-5-6-16-10-3-1-2-9(10)14/h4,7,9-10H,1-3,5-6H2/t9-,10-/m0/s1. The Morgan fingerprint density at radius 3 is 3.18 bits per heavy atom. The number of rotatable bonds is 1. The van der Waals surface area contributed by atoms with Crippen LogP contribution in [0.3, 0.4) is 0 Å². The Balaban J connectivity index is 1.83. The van der Waals surface area contributed by atoms with E-state index in [1.807, 2.05) is 16.3 Å². The third-order valence-corrected chi connectivity index (χ3v) is 5.38. The van der Waals surface area contributed by atoms with Gasteiger partial charge in [0.25, 0.3) is 5.91 Å². The van der Waals surface area contributed by atoms with Crippen LogP contribution in [0, 0.1) is 0 Å². The van der Waals surface area contributed by atoms with Gasteiger partial charge in [-0.1, -0.05) is 0 Å². The maximum Gasteiger partial charge on any atom is 0.265 e. The number of morpholine rings is 1. The van der Waals surface area contributed by atoms with Gasteiger partial charge in [0.15, 0.2) is 0 Å². The number of nitrogens with zero attached hydrogens (tertiary/aromatic N) is 1. The van der Waals surface area contributed by atoms with Gasteiger partial charge in [0.2, 0.25) is 0 Å². The molecule has 0 spiro atoms. The molecule has 1 aromatic heterocycles. The quantitative estimate of drug-likeness (QED) is 0.797. The number of amides is 1. The van der Waals surface area contributed by atoms with Gasteiger partial charge < -0.3 is 9.64 Å². The molecule has 0 radical (unpaired) electrons. The summed E-state index contributed by atoms with van der Waals surface area (Å²) in [6.45, 7) is 1.40. The number of ether oxygens (including phenoxy) is 1. The highest BCUT2D eigenvalue weighted by atomic mass is 79.9. The number of hydrogen-bond acceptors (Lipinski definition) is 3. The maximum absolute atomic E-state index is 12.5. The van der Waals surface area contributed by atoms with Gasteiger partial charge >= 0.3 is 0 Å². The minimum Gasteiger partial charge on any atom is -0.374 e. The first-order valence-electron chi connectivity index (χ1n) is 5.93. The van der Waals surface area contributed by atoms with Crippen molar-refractivity contribution in [3.8, 4) is 0 Å². The summed E-state index contributed by atoms with van der Waals surface area (Å²) in [7, 11) is 0. The molecule has 2 fully saturated rings. The number of thiophene rings is 1. The van der Waals surface area contributed by atoms with Gasteiger partial charge in [-0.2, -0.15) is 0 Å². The molecule has 1 saturated heterocycles. The summed E-state index contributed by atoms with van der Waals surface area (Å²) in [5.41, 5.74) is 0. The number of carbonyl (C=O) groups is 1. The first-order valence-corrected chi connectivity index (χ1v) is 7.60. The Morgan fingerprint density at radius 1 is 1.53 bits per heavy atom. The molecule has 0 aromatic carbocycles. The highest BCUT2D eigenvalue weighted by molar-refractivity contribution is 9.10. The van der Waals surface area contributed by atoms with Crippen molar-refractivity contribution in [3.63, 3.8) is 0 Å². The van der Waals surface area contributed by atoms with E-state index in [2.05, 4.69) is 15.9 Å². The molecule has 0 unspecified atom stereocenters. The van der Waals surface area contributed by atoms with E-state index in [1.54, 1.807) is 0 Å². The Kier molecular flexibility index (Phi) is 3.23. The summed E-state index contributed by atoms with van der Waals surface area (Å²) in [5.74, 6) is 0.159. The monoisotopic (exact) mass is 315 g/mol. The topological polar surface area (TPSA) is 29.5 Å². The van der Waals surface area contributed by atoms with Gasteiger partial charge in [-0.3, -0.25) is 4.79 Å². The van der Waals surface area contributed by atoms with Crippen molar-refractivity contribution in [3.05, 3.63) is 20.8 Å². The van der Waals surface area contributed by atoms with Crippen LogP contribution in [0.2, 0.25) is 0 Å². The van der Waals surface area contributed by atoms with Crippen LogP contribution in [0.15, 0.2) is 15.9 Å². The van der Waals surface area contributed by atoms with Crippen LogP contribution in [0.1, 0.15) is 28.9 Å². The fraction of sp³-hybridized carbons (Fsp3) is 0.583. The van der Waals surface area contributed by atoms with Crippen LogP contribution in [0.5, 0.6) is 0 Å². The van der Waals surface area contributed by atoms with Crippen molar-refractivity contribution in [2.75, 3.05) is 13.2 Å². The van der Waals surface area contributed by atoms with Crippen molar-refractivity contribution in [2.24, 2.45) is 0 Å². The van der Waals surface area contributed by atoms with E-state index in [0.717, 1.165) is 28.7 Å². The maximum atomic E-state index is 12.5. The smallest absolute Gasteiger partial charge is 0.265 e. The molecule has 5 heteroatoms. The zero-order valence-electron chi connectivity index (χ0n) is 9.39. The van der Waals surface area contributed by atoms with E-state index in [9.17, 15) is 4.79 Å². The van der Waals surface area contributed by atoms with E-state index in [-0.39, 0.29) is 12.0 Å². The van der Waals surface area contributed by atoms with Crippen molar-refractivity contribution in [2.45, 2.75) is 31.4 Å². The summed E-state index contributed by atoms with van der Waals surface area (Å²) >= 11 is 4.94. The zero-order valence-corrected chi connectivity index (χ0v) is 11.8. The zero-order chi connectivity index (χ0) is 11.8. The second-order valence-electron chi connectivity index (χ2n) is 4.50. The number of hydrogen-bond donors (Lipinski definition) is 0. The molecule has 1 aliphatic carbocycles. The van der Waals surface area contributed by atoms with Gasteiger partial charge in [0.05, 0.1) is 18.8 Å². The van der Waals surface area contributed by atoms with Crippen LogP contribution in [0.4, 0.5) is 0 Å². The van der Waals surface area contributed by atoms with Gasteiger partial charge in [-0.05, 0) is 46.6 Å². The second kappa shape index (κ2) is 4.71. The third-order valence-electron chi connectivity index (χ3n) is 3.55. The number of fused-ring (bicyclic) bond motifs is 1. The van der Waals surface area contributed by atoms with E-state index in [4.69, 9.17) is 4.74 Å². The van der Waals surface area contributed by atoms with E-state index < -0.39 is 0 Å².